The number of hydrogen-bond donors (Lipinski definition) is 0. The second kappa shape index (κ2) is 6.41. The Bertz CT molecular complexity index is 580. The predicted octanol–water partition coefficient (Wildman–Crippen LogP) is 4.35. The molecular formula is C15H22BrN2OSi. The minimum absolute atomic E-state index is 0.324. The number of halogens is 1. The summed E-state index contributed by atoms with van der Waals surface area (Å²) in [7, 11) is -0.335. The molecule has 0 atom stereocenters. The van der Waals surface area contributed by atoms with Crippen LogP contribution in [0.3, 0.4) is 0 Å². The molecule has 0 saturated heterocycles. The van der Waals surface area contributed by atoms with E-state index in [1.807, 2.05) is 6.07 Å². The summed E-state index contributed by atoms with van der Waals surface area (Å²) < 4.78 is 8.90. The largest absolute Gasteiger partial charge is 0.379 e. The van der Waals surface area contributed by atoms with E-state index in [1.54, 1.807) is 0 Å². The number of hydrogen-bond acceptors (Lipinski definition) is 2. The van der Waals surface area contributed by atoms with Crippen molar-refractivity contribution in [2.75, 3.05) is 13.2 Å². The molecule has 2 aromatic heterocycles. The van der Waals surface area contributed by atoms with Gasteiger partial charge in [0.2, 0.25) is 0 Å². The monoisotopic (exact) mass is 353 g/mol. The zero-order chi connectivity index (χ0) is 14.8. The van der Waals surface area contributed by atoms with Crippen LogP contribution in [0.15, 0.2) is 29.0 Å². The van der Waals surface area contributed by atoms with Crippen molar-refractivity contribution < 1.29 is 4.74 Å². The minimum Gasteiger partial charge on any atom is -0.379 e. The Morgan fingerprint density at radius 1 is 1.30 bits per heavy atom. The van der Waals surface area contributed by atoms with Crippen LogP contribution in [0.1, 0.15) is 13.8 Å². The van der Waals surface area contributed by atoms with E-state index >= 15 is 0 Å². The second-order valence-electron chi connectivity index (χ2n) is 5.99. The Morgan fingerprint density at radius 2 is 2.05 bits per heavy atom. The first-order chi connectivity index (χ1) is 9.40. The van der Waals surface area contributed by atoms with Crippen molar-refractivity contribution in [3.8, 4) is 0 Å². The van der Waals surface area contributed by atoms with Gasteiger partial charge >= 0.3 is 0 Å². The lowest BCUT2D eigenvalue weighted by atomic mass is 10.2. The fourth-order valence-electron chi connectivity index (χ4n) is 1.85. The number of nitrogens with zero attached hydrogens (tertiary/aromatic N) is 2. The van der Waals surface area contributed by atoms with Crippen LogP contribution in [0.25, 0.3) is 11.0 Å². The standard InChI is InChI=1S/C15H22BrN2OSi/c1-15(2,20(3)4)11-19-10-9-18-8-7-12-5-6-13(16)17-14(12)18/h5-8H,9-11H2,1-4H3. The van der Waals surface area contributed by atoms with Crippen LogP contribution >= 0.6 is 15.9 Å². The number of rotatable bonds is 6. The maximum atomic E-state index is 5.88. The van der Waals surface area contributed by atoms with Crippen molar-refractivity contribution in [3.63, 3.8) is 0 Å². The zero-order valence-corrected chi connectivity index (χ0v) is 15.2. The lowest BCUT2D eigenvalue weighted by Gasteiger charge is -2.27. The lowest BCUT2D eigenvalue weighted by molar-refractivity contribution is 0.107. The first-order valence-electron chi connectivity index (χ1n) is 6.90. The highest BCUT2D eigenvalue weighted by Crippen LogP contribution is 2.28. The number of ether oxygens (including phenoxy) is 1. The summed E-state index contributed by atoms with van der Waals surface area (Å²) in [5, 5.41) is 1.49. The molecule has 0 fully saturated rings. The van der Waals surface area contributed by atoms with Crippen molar-refractivity contribution in [1.29, 1.82) is 0 Å². The van der Waals surface area contributed by atoms with Gasteiger partial charge in [-0.2, -0.15) is 0 Å². The summed E-state index contributed by atoms with van der Waals surface area (Å²) in [5.41, 5.74) is 1.01. The first-order valence-corrected chi connectivity index (χ1v) is 10.2. The lowest BCUT2D eigenvalue weighted by Crippen LogP contribution is -2.26. The molecule has 0 aliphatic carbocycles. The average molecular weight is 354 g/mol. The van der Waals surface area contributed by atoms with Gasteiger partial charge in [-0.3, -0.25) is 0 Å². The third-order valence-corrected chi connectivity index (χ3v) is 7.16. The number of aromatic nitrogens is 2. The highest BCUT2D eigenvalue weighted by Gasteiger charge is 2.23. The topological polar surface area (TPSA) is 27.1 Å². The number of pyridine rings is 1. The molecule has 0 spiro atoms. The molecule has 109 valence electrons. The molecule has 20 heavy (non-hydrogen) atoms. The maximum Gasteiger partial charge on any atom is 0.141 e. The van der Waals surface area contributed by atoms with Crippen LogP contribution in [0.2, 0.25) is 18.1 Å². The van der Waals surface area contributed by atoms with Crippen LogP contribution in [-0.4, -0.2) is 31.6 Å². The maximum absolute atomic E-state index is 5.88. The van der Waals surface area contributed by atoms with E-state index in [0.717, 1.165) is 30.0 Å². The summed E-state index contributed by atoms with van der Waals surface area (Å²) in [5.74, 6) is 0. The van der Waals surface area contributed by atoms with Gasteiger partial charge in [0.15, 0.2) is 0 Å². The van der Waals surface area contributed by atoms with Crippen molar-refractivity contribution in [1.82, 2.24) is 9.55 Å². The molecule has 0 aromatic carbocycles. The third-order valence-electron chi connectivity index (χ3n) is 3.87. The Morgan fingerprint density at radius 3 is 2.75 bits per heavy atom. The number of fused-ring (bicyclic) bond motifs is 1. The molecule has 2 rings (SSSR count). The summed E-state index contributed by atoms with van der Waals surface area (Å²) in [6, 6.07) is 6.14. The van der Waals surface area contributed by atoms with Crippen LogP contribution < -0.4 is 0 Å². The van der Waals surface area contributed by atoms with Gasteiger partial charge in [-0.25, -0.2) is 4.98 Å². The van der Waals surface area contributed by atoms with E-state index in [1.165, 1.54) is 5.39 Å². The van der Waals surface area contributed by atoms with Crippen LogP contribution in [0, 0.1) is 0 Å². The Hall–Kier alpha value is -0.653. The third kappa shape index (κ3) is 3.71. The molecule has 1 radical (unpaired) electrons. The molecule has 2 heterocycles. The normalized spacial score (nSPS) is 12.5. The highest BCUT2D eigenvalue weighted by molar-refractivity contribution is 9.10. The molecule has 0 aliphatic heterocycles. The van der Waals surface area contributed by atoms with Gasteiger partial charge in [0.25, 0.3) is 0 Å². The van der Waals surface area contributed by atoms with Crippen LogP contribution in [-0.2, 0) is 11.3 Å². The van der Waals surface area contributed by atoms with Crippen molar-refractivity contribution in [2.24, 2.45) is 0 Å². The van der Waals surface area contributed by atoms with Crippen molar-refractivity contribution >= 4 is 35.8 Å². The average Bonchev–Trinajstić information content (AvgIpc) is 2.77. The van der Waals surface area contributed by atoms with E-state index in [2.05, 4.69) is 70.8 Å². The molecule has 2 aromatic rings. The van der Waals surface area contributed by atoms with Crippen molar-refractivity contribution in [2.45, 2.75) is 38.5 Å². The van der Waals surface area contributed by atoms with Gasteiger partial charge < -0.3 is 9.30 Å². The fourth-order valence-corrected chi connectivity index (χ4v) is 2.54. The molecule has 0 N–H and O–H groups in total. The van der Waals surface area contributed by atoms with Crippen molar-refractivity contribution in [3.05, 3.63) is 29.0 Å². The smallest absolute Gasteiger partial charge is 0.141 e. The summed E-state index contributed by atoms with van der Waals surface area (Å²) >= 11 is 3.42. The molecule has 0 unspecified atom stereocenters. The van der Waals surface area contributed by atoms with Crippen LogP contribution in [0.5, 0.6) is 0 Å². The SMILES string of the molecule is C[Si](C)C(C)(C)COCCn1ccc2ccc(Br)nc21. The zero-order valence-electron chi connectivity index (χ0n) is 12.6. The summed E-state index contributed by atoms with van der Waals surface area (Å²) in [4.78, 5) is 4.52. The van der Waals surface area contributed by atoms with E-state index in [-0.39, 0.29) is 8.80 Å². The van der Waals surface area contributed by atoms with E-state index in [4.69, 9.17) is 4.74 Å². The van der Waals surface area contributed by atoms with Gasteiger partial charge in [-0.05, 0) is 39.2 Å². The Balaban J connectivity index is 1.92. The Labute approximate surface area is 131 Å². The van der Waals surface area contributed by atoms with Gasteiger partial charge in [0.05, 0.1) is 15.4 Å². The first kappa shape index (κ1) is 15.7. The molecular weight excluding hydrogens is 332 g/mol. The van der Waals surface area contributed by atoms with E-state index in [0.29, 0.717) is 5.04 Å². The van der Waals surface area contributed by atoms with Gasteiger partial charge in [-0.1, -0.05) is 26.9 Å². The van der Waals surface area contributed by atoms with Gasteiger partial charge in [-0.15, -0.1) is 0 Å². The second-order valence-corrected chi connectivity index (χ2v) is 10.2. The quantitative estimate of drug-likeness (QED) is 0.438. The highest BCUT2D eigenvalue weighted by atomic mass is 79.9. The van der Waals surface area contributed by atoms with E-state index in [9.17, 15) is 0 Å². The molecule has 0 aliphatic rings. The fraction of sp³-hybridized carbons (Fsp3) is 0.533. The molecule has 0 saturated carbocycles. The summed E-state index contributed by atoms with van der Waals surface area (Å²) in [6.45, 7) is 11.7. The predicted molar refractivity (Wildman–Crippen MR) is 89.8 cm³/mol. The molecule has 5 heteroatoms. The van der Waals surface area contributed by atoms with Gasteiger partial charge in [0.1, 0.15) is 10.3 Å². The van der Waals surface area contributed by atoms with Gasteiger partial charge in [0, 0.05) is 24.7 Å². The molecule has 0 bridgehead atoms. The van der Waals surface area contributed by atoms with Crippen LogP contribution in [0.4, 0.5) is 0 Å². The molecule has 0 amide bonds. The van der Waals surface area contributed by atoms with E-state index < -0.39 is 0 Å². The summed E-state index contributed by atoms with van der Waals surface area (Å²) in [6.07, 6.45) is 2.08. The Kier molecular flexibility index (Phi) is 5.04. The minimum atomic E-state index is -0.335. The molecule has 3 nitrogen and oxygen atoms in total.